The summed E-state index contributed by atoms with van der Waals surface area (Å²) in [6.45, 7) is 4.27. The highest BCUT2D eigenvalue weighted by Crippen LogP contribution is 2.33. The fourth-order valence-electron chi connectivity index (χ4n) is 1.98. The van der Waals surface area contributed by atoms with Crippen molar-refractivity contribution in [3.05, 3.63) is 41.9 Å². The Morgan fingerprint density at radius 3 is 2.50 bits per heavy atom. The maximum absolute atomic E-state index is 9.31. The second-order valence-electron chi connectivity index (χ2n) is 4.51. The lowest BCUT2D eigenvalue weighted by Gasteiger charge is -2.09. The molecule has 0 unspecified atom stereocenters. The molecule has 0 aliphatic rings. The van der Waals surface area contributed by atoms with Crippen LogP contribution in [0.2, 0.25) is 0 Å². The minimum atomic E-state index is -0.0223. The summed E-state index contributed by atoms with van der Waals surface area (Å²) in [5.41, 5.74) is 1.17. The van der Waals surface area contributed by atoms with Gasteiger partial charge < -0.3 is 9.67 Å². The Bertz CT molecular complexity index is 520. The number of benzene rings is 1. The number of hydrogen-bond donors (Lipinski definition) is 1. The van der Waals surface area contributed by atoms with E-state index in [1.165, 1.54) is 10.6 Å². The highest BCUT2D eigenvalue weighted by atomic mass is 32.2. The average molecular weight is 262 g/mol. The van der Waals surface area contributed by atoms with Gasteiger partial charge in [0, 0.05) is 11.9 Å². The number of aromatic nitrogens is 2. The number of imidazole rings is 1. The average Bonchev–Trinajstić information content (AvgIpc) is 2.66. The monoisotopic (exact) mass is 262 g/mol. The first-order valence-corrected chi connectivity index (χ1v) is 6.84. The molecule has 1 aromatic carbocycles. The van der Waals surface area contributed by atoms with Gasteiger partial charge in [-0.2, -0.15) is 0 Å². The second kappa shape index (κ2) is 5.59. The fraction of sp³-hybridized carbons (Fsp3) is 0.357. The van der Waals surface area contributed by atoms with Gasteiger partial charge in [0.25, 0.3) is 0 Å². The number of hydrogen-bond acceptors (Lipinski definition) is 3. The molecular formula is C14H18N2OS. The zero-order valence-electron chi connectivity index (χ0n) is 10.9. The SMILES string of the molecule is CC(C)c1c(Sc2ccccc2)nc(CO)n1C. The van der Waals surface area contributed by atoms with Crippen LogP contribution in [0.3, 0.4) is 0 Å². The summed E-state index contributed by atoms with van der Waals surface area (Å²) in [6, 6.07) is 10.2. The van der Waals surface area contributed by atoms with E-state index in [-0.39, 0.29) is 6.61 Å². The summed E-state index contributed by atoms with van der Waals surface area (Å²) in [7, 11) is 1.96. The van der Waals surface area contributed by atoms with Gasteiger partial charge in [0.05, 0.1) is 5.69 Å². The van der Waals surface area contributed by atoms with E-state index in [2.05, 4.69) is 31.0 Å². The van der Waals surface area contributed by atoms with E-state index in [0.29, 0.717) is 5.92 Å². The van der Waals surface area contributed by atoms with Crippen molar-refractivity contribution < 1.29 is 5.11 Å². The predicted octanol–water partition coefficient (Wildman–Crippen LogP) is 3.19. The van der Waals surface area contributed by atoms with E-state index in [4.69, 9.17) is 0 Å². The third kappa shape index (κ3) is 2.60. The molecular weight excluding hydrogens is 244 g/mol. The van der Waals surface area contributed by atoms with Crippen LogP contribution in [0.25, 0.3) is 0 Å². The molecule has 0 saturated heterocycles. The fourth-order valence-corrected chi connectivity index (χ4v) is 3.13. The number of aliphatic hydroxyl groups excluding tert-OH is 1. The Balaban J connectivity index is 2.38. The largest absolute Gasteiger partial charge is 0.388 e. The molecule has 2 aromatic rings. The summed E-state index contributed by atoms with van der Waals surface area (Å²) >= 11 is 1.65. The molecule has 4 heteroatoms. The van der Waals surface area contributed by atoms with E-state index in [1.54, 1.807) is 11.8 Å². The van der Waals surface area contributed by atoms with E-state index in [1.807, 2.05) is 29.8 Å². The Morgan fingerprint density at radius 2 is 1.94 bits per heavy atom. The van der Waals surface area contributed by atoms with E-state index >= 15 is 0 Å². The topological polar surface area (TPSA) is 38.1 Å². The van der Waals surface area contributed by atoms with E-state index < -0.39 is 0 Å². The van der Waals surface area contributed by atoms with Crippen molar-refractivity contribution in [3.63, 3.8) is 0 Å². The number of nitrogens with zero attached hydrogens (tertiary/aromatic N) is 2. The second-order valence-corrected chi connectivity index (χ2v) is 5.57. The van der Waals surface area contributed by atoms with E-state index in [0.717, 1.165) is 10.9 Å². The van der Waals surface area contributed by atoms with Gasteiger partial charge in [0.1, 0.15) is 17.5 Å². The van der Waals surface area contributed by atoms with Gasteiger partial charge in [-0.25, -0.2) is 4.98 Å². The van der Waals surface area contributed by atoms with Crippen LogP contribution in [0, 0.1) is 0 Å². The number of aliphatic hydroxyl groups is 1. The summed E-state index contributed by atoms with van der Waals surface area (Å²) in [5.74, 6) is 1.10. The van der Waals surface area contributed by atoms with Gasteiger partial charge >= 0.3 is 0 Å². The maximum atomic E-state index is 9.31. The summed E-state index contributed by atoms with van der Waals surface area (Å²) in [5, 5.41) is 10.3. The lowest BCUT2D eigenvalue weighted by atomic mass is 10.1. The van der Waals surface area contributed by atoms with Crippen molar-refractivity contribution >= 4 is 11.8 Å². The Morgan fingerprint density at radius 1 is 1.28 bits per heavy atom. The van der Waals surface area contributed by atoms with Gasteiger partial charge in [0.2, 0.25) is 0 Å². The Labute approximate surface area is 112 Å². The minimum Gasteiger partial charge on any atom is -0.388 e. The molecule has 0 aliphatic carbocycles. The van der Waals surface area contributed by atoms with Crippen molar-refractivity contribution in [1.82, 2.24) is 9.55 Å². The molecule has 0 spiro atoms. The molecule has 0 aliphatic heterocycles. The van der Waals surface area contributed by atoms with Crippen LogP contribution < -0.4 is 0 Å². The summed E-state index contributed by atoms with van der Waals surface area (Å²) < 4.78 is 2.00. The molecule has 18 heavy (non-hydrogen) atoms. The van der Waals surface area contributed by atoms with Gasteiger partial charge in [0.15, 0.2) is 0 Å². The number of rotatable bonds is 4. The van der Waals surface area contributed by atoms with Crippen LogP contribution in [-0.2, 0) is 13.7 Å². The van der Waals surface area contributed by atoms with Crippen molar-refractivity contribution in [2.75, 3.05) is 0 Å². The van der Waals surface area contributed by atoms with Gasteiger partial charge in [-0.15, -0.1) is 0 Å². The highest BCUT2D eigenvalue weighted by molar-refractivity contribution is 7.99. The molecule has 0 saturated carbocycles. The summed E-state index contributed by atoms with van der Waals surface area (Å²) in [4.78, 5) is 5.69. The molecule has 1 heterocycles. The highest BCUT2D eigenvalue weighted by Gasteiger charge is 2.17. The zero-order chi connectivity index (χ0) is 13.1. The van der Waals surface area contributed by atoms with Gasteiger partial charge in [-0.1, -0.05) is 43.8 Å². The standard InChI is InChI=1S/C14H18N2OS/c1-10(2)13-14(15-12(9-17)16(13)3)18-11-7-5-4-6-8-11/h4-8,10,17H,9H2,1-3H3. The van der Waals surface area contributed by atoms with Crippen LogP contribution in [0.4, 0.5) is 0 Å². The van der Waals surface area contributed by atoms with Crippen molar-refractivity contribution in [3.8, 4) is 0 Å². The molecule has 3 nitrogen and oxygen atoms in total. The first-order valence-electron chi connectivity index (χ1n) is 6.02. The van der Waals surface area contributed by atoms with Crippen molar-refractivity contribution in [2.45, 2.75) is 36.3 Å². The molecule has 1 N–H and O–H groups in total. The first-order chi connectivity index (χ1) is 8.63. The predicted molar refractivity (Wildman–Crippen MR) is 73.8 cm³/mol. The molecule has 0 fully saturated rings. The van der Waals surface area contributed by atoms with Gasteiger partial charge in [-0.3, -0.25) is 0 Å². The molecule has 0 atom stereocenters. The molecule has 0 bridgehead atoms. The van der Waals surface area contributed by atoms with Crippen LogP contribution in [0.1, 0.15) is 31.3 Å². The lowest BCUT2D eigenvalue weighted by Crippen LogP contribution is -2.03. The maximum Gasteiger partial charge on any atom is 0.135 e. The summed E-state index contributed by atoms with van der Waals surface area (Å²) in [6.07, 6.45) is 0. The van der Waals surface area contributed by atoms with Gasteiger partial charge in [-0.05, 0) is 18.1 Å². The Kier molecular flexibility index (Phi) is 4.09. The normalized spacial score (nSPS) is 11.2. The van der Waals surface area contributed by atoms with Crippen LogP contribution in [0.15, 0.2) is 40.3 Å². The van der Waals surface area contributed by atoms with Crippen LogP contribution in [-0.4, -0.2) is 14.7 Å². The molecule has 0 radical (unpaired) electrons. The van der Waals surface area contributed by atoms with Crippen molar-refractivity contribution in [2.24, 2.45) is 7.05 Å². The quantitative estimate of drug-likeness (QED) is 0.919. The van der Waals surface area contributed by atoms with Crippen molar-refractivity contribution in [1.29, 1.82) is 0 Å². The first kappa shape index (κ1) is 13.2. The zero-order valence-corrected chi connectivity index (χ0v) is 11.7. The molecule has 1 aromatic heterocycles. The minimum absolute atomic E-state index is 0.0223. The molecule has 0 amide bonds. The third-order valence-corrected chi connectivity index (χ3v) is 3.85. The smallest absolute Gasteiger partial charge is 0.135 e. The van der Waals surface area contributed by atoms with Crippen LogP contribution in [0.5, 0.6) is 0 Å². The molecule has 2 rings (SSSR count). The Hall–Kier alpha value is -1.26. The van der Waals surface area contributed by atoms with E-state index in [9.17, 15) is 5.11 Å². The third-order valence-electron chi connectivity index (χ3n) is 2.84. The van der Waals surface area contributed by atoms with Crippen LogP contribution >= 0.6 is 11.8 Å². The molecule has 96 valence electrons. The lowest BCUT2D eigenvalue weighted by molar-refractivity contribution is 0.266.